The summed E-state index contributed by atoms with van der Waals surface area (Å²) in [6.45, 7) is 0. The van der Waals surface area contributed by atoms with Gasteiger partial charge in [0.15, 0.2) is 6.04 Å². The van der Waals surface area contributed by atoms with Crippen LogP contribution in [0.5, 0.6) is 0 Å². The van der Waals surface area contributed by atoms with E-state index in [1.165, 1.54) is 0 Å². The molecular weight excluding hydrogens is 411 g/mol. The van der Waals surface area contributed by atoms with Crippen molar-refractivity contribution in [2.75, 3.05) is 19.4 Å². The van der Waals surface area contributed by atoms with Crippen molar-refractivity contribution >= 4 is 40.0 Å². The van der Waals surface area contributed by atoms with Crippen LogP contribution in [0.1, 0.15) is 29.6 Å². The lowest BCUT2D eigenvalue weighted by Gasteiger charge is -2.35. The predicted molar refractivity (Wildman–Crippen MR) is 122 cm³/mol. The first-order chi connectivity index (χ1) is 15.2. The fourth-order valence-electron chi connectivity index (χ4n) is 3.96. The van der Waals surface area contributed by atoms with Crippen molar-refractivity contribution < 1.29 is 14.0 Å². The van der Waals surface area contributed by atoms with Crippen molar-refractivity contribution in [3.8, 4) is 0 Å². The van der Waals surface area contributed by atoms with E-state index in [2.05, 4.69) is 15.3 Å². The second-order valence-electron chi connectivity index (χ2n) is 8.73. The van der Waals surface area contributed by atoms with Crippen LogP contribution in [0.4, 0.5) is 21.7 Å². The molecule has 1 aromatic carbocycles. The van der Waals surface area contributed by atoms with Gasteiger partial charge in [-0.2, -0.15) is 9.37 Å². The Kier molecular flexibility index (Phi) is 5.52. The van der Waals surface area contributed by atoms with Gasteiger partial charge in [0.05, 0.1) is 25.2 Å². The van der Waals surface area contributed by atoms with Crippen LogP contribution in [-0.4, -0.2) is 41.9 Å². The van der Waals surface area contributed by atoms with E-state index in [1.54, 1.807) is 32.4 Å². The molecule has 8 nitrogen and oxygen atoms in total. The van der Waals surface area contributed by atoms with E-state index in [4.69, 9.17) is 11.5 Å². The molecule has 1 atom stereocenters. The van der Waals surface area contributed by atoms with Gasteiger partial charge in [0.2, 0.25) is 5.82 Å². The molecule has 166 valence electrons. The zero-order valence-electron chi connectivity index (χ0n) is 18.0. The first kappa shape index (κ1) is 21.6. The molecule has 2 amide bonds. The largest absolute Gasteiger partial charge is 0.365 e. The molecule has 1 unspecified atom stereocenters. The van der Waals surface area contributed by atoms with Crippen molar-refractivity contribution in [2.24, 2.45) is 17.4 Å². The SMILES string of the molecule is C[N+](C)(c1nc(Nc2ccc3cccnc3c2)c(C(N)=O)cc1F)C(CC1CC1)C(N)=O. The Bertz CT molecular complexity index is 1210. The molecule has 0 saturated heterocycles. The summed E-state index contributed by atoms with van der Waals surface area (Å²) in [6, 6.07) is 9.65. The molecule has 5 N–H and O–H groups in total. The maximum atomic E-state index is 15.1. The van der Waals surface area contributed by atoms with Gasteiger partial charge in [0.1, 0.15) is 5.82 Å². The molecule has 3 aromatic rings. The normalized spacial score (nSPS) is 14.8. The molecule has 32 heavy (non-hydrogen) atoms. The quantitative estimate of drug-likeness (QED) is 0.468. The standard InChI is InChI=1S/C23H25FN6O2/c1-30(2,19(21(26)32)10-13-5-6-13)23-17(24)12-16(20(25)31)22(29-23)28-15-8-7-14-4-3-9-27-18(14)11-15/h3-4,7-9,11-13,19H,5-6,10H2,1-2H3,(H4-,25,26,27,28,29,31,32)/p+1. The number of halogens is 1. The van der Waals surface area contributed by atoms with Gasteiger partial charge in [-0.25, -0.2) is 0 Å². The van der Waals surface area contributed by atoms with Gasteiger partial charge >= 0.3 is 0 Å². The lowest BCUT2D eigenvalue weighted by Crippen LogP contribution is -2.57. The van der Waals surface area contributed by atoms with Crippen LogP contribution in [0, 0.1) is 11.7 Å². The van der Waals surface area contributed by atoms with Crippen LogP contribution in [-0.2, 0) is 4.79 Å². The second kappa shape index (κ2) is 8.16. The third-order valence-electron chi connectivity index (χ3n) is 6.00. The van der Waals surface area contributed by atoms with Crippen LogP contribution in [0.15, 0.2) is 42.6 Å². The van der Waals surface area contributed by atoms with Crippen molar-refractivity contribution in [3.05, 3.63) is 54.0 Å². The van der Waals surface area contributed by atoms with Gasteiger partial charge < -0.3 is 16.8 Å². The highest BCUT2D eigenvalue weighted by Gasteiger charge is 2.42. The van der Waals surface area contributed by atoms with Crippen LogP contribution < -0.4 is 21.3 Å². The zero-order chi connectivity index (χ0) is 23.0. The van der Waals surface area contributed by atoms with E-state index in [0.717, 1.165) is 29.8 Å². The highest BCUT2D eigenvalue weighted by atomic mass is 19.1. The van der Waals surface area contributed by atoms with Gasteiger partial charge in [-0.3, -0.25) is 19.1 Å². The fraction of sp³-hybridized carbons (Fsp3) is 0.304. The zero-order valence-corrected chi connectivity index (χ0v) is 18.0. The Morgan fingerprint density at radius 3 is 2.62 bits per heavy atom. The number of primary amides is 2. The number of fused-ring (bicyclic) bond motifs is 1. The Hall–Kier alpha value is -3.59. The number of nitrogens with two attached hydrogens (primary N) is 2. The molecule has 2 aromatic heterocycles. The number of amides is 2. The predicted octanol–water partition coefficient (Wildman–Crippen LogP) is 2.83. The summed E-state index contributed by atoms with van der Waals surface area (Å²) in [5, 5.41) is 4.01. The maximum Gasteiger partial charge on any atom is 0.276 e. The molecule has 0 spiro atoms. The number of nitrogens with zero attached hydrogens (tertiary/aromatic N) is 3. The molecule has 0 bridgehead atoms. The smallest absolute Gasteiger partial charge is 0.276 e. The molecule has 0 radical (unpaired) electrons. The first-order valence-corrected chi connectivity index (χ1v) is 10.4. The van der Waals surface area contributed by atoms with Crippen LogP contribution >= 0.6 is 0 Å². The van der Waals surface area contributed by atoms with Crippen molar-refractivity contribution in [1.82, 2.24) is 14.5 Å². The van der Waals surface area contributed by atoms with Gasteiger partial charge in [-0.05, 0) is 43.0 Å². The molecule has 0 aliphatic heterocycles. The molecule has 1 aliphatic rings. The molecule has 1 saturated carbocycles. The highest BCUT2D eigenvalue weighted by molar-refractivity contribution is 5.99. The second-order valence-corrected chi connectivity index (χ2v) is 8.73. The van der Waals surface area contributed by atoms with Gasteiger partial charge in [-0.1, -0.05) is 12.1 Å². The molecule has 2 heterocycles. The van der Waals surface area contributed by atoms with Crippen LogP contribution in [0.3, 0.4) is 0 Å². The summed E-state index contributed by atoms with van der Waals surface area (Å²) in [5.41, 5.74) is 12.4. The third-order valence-corrected chi connectivity index (χ3v) is 6.00. The van der Waals surface area contributed by atoms with E-state index < -0.39 is 23.7 Å². The minimum Gasteiger partial charge on any atom is -0.365 e. The van der Waals surface area contributed by atoms with E-state index in [-0.39, 0.29) is 21.7 Å². The Balaban J connectivity index is 1.76. The summed E-state index contributed by atoms with van der Waals surface area (Å²) in [5.74, 6) is -1.56. The minimum absolute atomic E-state index is 0.000800. The number of hydrogen-bond donors (Lipinski definition) is 3. The van der Waals surface area contributed by atoms with Crippen LogP contribution in [0.2, 0.25) is 0 Å². The van der Waals surface area contributed by atoms with Crippen molar-refractivity contribution in [3.63, 3.8) is 0 Å². The lowest BCUT2D eigenvalue weighted by atomic mass is 10.1. The lowest BCUT2D eigenvalue weighted by molar-refractivity contribution is -0.122. The van der Waals surface area contributed by atoms with Crippen molar-refractivity contribution in [2.45, 2.75) is 25.3 Å². The number of anilines is 2. The number of quaternary nitrogens is 1. The molecule has 9 heteroatoms. The number of pyridine rings is 2. The summed E-state index contributed by atoms with van der Waals surface area (Å²) >= 11 is 0. The number of nitrogens with one attached hydrogen (secondary N) is 1. The molecule has 1 fully saturated rings. The molecule has 4 rings (SSSR count). The highest BCUT2D eigenvalue weighted by Crippen LogP contribution is 2.38. The number of carbonyl (C=O) groups is 2. The average Bonchev–Trinajstić information content (AvgIpc) is 3.56. The Labute approximate surface area is 185 Å². The molecule has 1 aliphatic carbocycles. The minimum atomic E-state index is -0.820. The van der Waals surface area contributed by atoms with Crippen molar-refractivity contribution in [1.29, 1.82) is 0 Å². The van der Waals surface area contributed by atoms with E-state index in [9.17, 15) is 9.59 Å². The number of rotatable bonds is 8. The molecular formula is C23H26FN6O2+. The summed E-state index contributed by atoms with van der Waals surface area (Å²) < 4.78 is 15.0. The first-order valence-electron chi connectivity index (χ1n) is 10.4. The van der Waals surface area contributed by atoms with Crippen LogP contribution in [0.25, 0.3) is 10.9 Å². The topological polar surface area (TPSA) is 124 Å². The number of hydrogen-bond acceptors (Lipinski definition) is 5. The van der Waals surface area contributed by atoms with Gasteiger partial charge in [0.25, 0.3) is 17.6 Å². The van der Waals surface area contributed by atoms with E-state index in [0.29, 0.717) is 18.0 Å². The number of aromatic nitrogens is 2. The number of carbonyl (C=O) groups excluding carboxylic acids is 2. The third kappa shape index (κ3) is 4.24. The number of benzene rings is 1. The maximum absolute atomic E-state index is 15.1. The monoisotopic (exact) mass is 437 g/mol. The van der Waals surface area contributed by atoms with Gasteiger partial charge in [0, 0.05) is 23.7 Å². The Morgan fingerprint density at radius 2 is 1.97 bits per heavy atom. The average molecular weight is 437 g/mol. The number of likely N-dealkylation sites (N-methyl/N-ethyl adjacent to an activating group) is 1. The summed E-state index contributed by atoms with van der Waals surface area (Å²) in [4.78, 5) is 33.0. The fourth-order valence-corrected chi connectivity index (χ4v) is 3.96. The van der Waals surface area contributed by atoms with E-state index >= 15 is 4.39 Å². The summed E-state index contributed by atoms with van der Waals surface area (Å²) in [7, 11) is 3.38. The van der Waals surface area contributed by atoms with E-state index in [1.807, 2.05) is 18.2 Å². The van der Waals surface area contributed by atoms with Gasteiger partial charge in [-0.15, -0.1) is 0 Å². The Morgan fingerprint density at radius 1 is 1.22 bits per heavy atom. The summed E-state index contributed by atoms with van der Waals surface area (Å²) in [6.07, 6.45) is 4.30.